The fourth-order valence-corrected chi connectivity index (χ4v) is 3.79. The fourth-order valence-electron chi connectivity index (χ4n) is 3.79. The van der Waals surface area contributed by atoms with E-state index in [0.717, 1.165) is 35.4 Å². The van der Waals surface area contributed by atoms with Gasteiger partial charge in [-0.3, -0.25) is 9.36 Å². The van der Waals surface area contributed by atoms with Gasteiger partial charge in [0.15, 0.2) is 0 Å². The molecule has 158 valence electrons. The first-order chi connectivity index (χ1) is 15.2. The second-order valence-electron chi connectivity index (χ2n) is 7.66. The molecule has 1 aromatic heterocycles. The number of benzene rings is 3. The van der Waals surface area contributed by atoms with Crippen molar-refractivity contribution in [3.05, 3.63) is 96.1 Å². The number of amides is 1. The maximum absolute atomic E-state index is 13.6. The highest BCUT2D eigenvalue weighted by atomic mass is 19.1. The van der Waals surface area contributed by atoms with Crippen molar-refractivity contribution >= 4 is 16.9 Å². The molecule has 4 rings (SSSR count). The molecule has 0 bridgehead atoms. The average molecular weight is 416 g/mol. The van der Waals surface area contributed by atoms with Crippen LogP contribution in [0.1, 0.15) is 31.2 Å². The minimum atomic E-state index is -0.323. The molecule has 1 heterocycles. The van der Waals surface area contributed by atoms with Crippen LogP contribution in [0.3, 0.4) is 0 Å². The van der Waals surface area contributed by atoms with Crippen molar-refractivity contribution in [3.63, 3.8) is 0 Å². The highest BCUT2D eigenvalue weighted by Gasteiger charge is 2.19. The van der Waals surface area contributed by atoms with Crippen molar-refractivity contribution in [2.24, 2.45) is 0 Å². The first kappa shape index (κ1) is 20.8. The lowest BCUT2D eigenvalue weighted by Gasteiger charge is -2.23. The molecule has 1 amide bonds. The SMILES string of the molecule is CCCCN(Cc1nc2ccccc2n1-c1ccccc1)C(=O)Cc1cccc(F)c1. The van der Waals surface area contributed by atoms with Gasteiger partial charge in [0, 0.05) is 12.2 Å². The minimum absolute atomic E-state index is 0.0225. The normalized spacial score (nSPS) is 11.0. The molecule has 4 aromatic rings. The maximum Gasteiger partial charge on any atom is 0.227 e. The molecule has 0 aliphatic rings. The quantitative estimate of drug-likeness (QED) is 0.379. The highest BCUT2D eigenvalue weighted by Crippen LogP contribution is 2.23. The standard InChI is InChI=1S/C26H26FN3O/c1-2-3-16-29(26(31)18-20-10-9-11-21(27)17-20)19-25-28-23-14-7-8-15-24(23)30(25)22-12-5-4-6-13-22/h4-15,17H,2-3,16,18-19H2,1H3. The number of nitrogens with zero attached hydrogens (tertiary/aromatic N) is 3. The van der Waals surface area contributed by atoms with Crippen LogP contribution < -0.4 is 0 Å². The van der Waals surface area contributed by atoms with E-state index in [9.17, 15) is 9.18 Å². The van der Waals surface area contributed by atoms with Crippen molar-refractivity contribution in [1.82, 2.24) is 14.5 Å². The number of unbranched alkanes of at least 4 members (excludes halogenated alkanes) is 1. The Labute approximate surface area is 182 Å². The van der Waals surface area contributed by atoms with Crippen LogP contribution in [0.15, 0.2) is 78.9 Å². The largest absolute Gasteiger partial charge is 0.335 e. The molecule has 0 saturated carbocycles. The van der Waals surface area contributed by atoms with Crippen LogP contribution in [-0.4, -0.2) is 26.9 Å². The van der Waals surface area contributed by atoms with Gasteiger partial charge in [0.1, 0.15) is 11.6 Å². The molecule has 0 spiro atoms. The summed E-state index contributed by atoms with van der Waals surface area (Å²) in [6.07, 6.45) is 2.06. The second-order valence-corrected chi connectivity index (χ2v) is 7.66. The molecular formula is C26H26FN3O. The zero-order valence-corrected chi connectivity index (χ0v) is 17.7. The number of imidazole rings is 1. The molecule has 0 fully saturated rings. The molecule has 31 heavy (non-hydrogen) atoms. The van der Waals surface area contributed by atoms with Gasteiger partial charge in [-0.2, -0.15) is 0 Å². The van der Waals surface area contributed by atoms with Gasteiger partial charge in [-0.15, -0.1) is 0 Å². The van der Waals surface area contributed by atoms with Crippen molar-refractivity contribution in [3.8, 4) is 5.69 Å². The van der Waals surface area contributed by atoms with Crippen molar-refractivity contribution < 1.29 is 9.18 Å². The molecule has 0 aliphatic heterocycles. The van der Waals surface area contributed by atoms with Gasteiger partial charge >= 0.3 is 0 Å². The van der Waals surface area contributed by atoms with Gasteiger partial charge in [-0.25, -0.2) is 9.37 Å². The van der Waals surface area contributed by atoms with E-state index in [1.165, 1.54) is 12.1 Å². The van der Waals surface area contributed by atoms with E-state index in [0.29, 0.717) is 18.7 Å². The lowest BCUT2D eigenvalue weighted by atomic mass is 10.1. The second kappa shape index (κ2) is 9.56. The van der Waals surface area contributed by atoms with Gasteiger partial charge in [0.25, 0.3) is 0 Å². The summed E-state index contributed by atoms with van der Waals surface area (Å²) in [7, 11) is 0. The number of para-hydroxylation sites is 3. The fraction of sp³-hybridized carbons (Fsp3) is 0.231. The number of rotatable bonds is 8. The number of hydrogen-bond donors (Lipinski definition) is 0. The Balaban J connectivity index is 1.67. The average Bonchev–Trinajstić information content (AvgIpc) is 3.15. The lowest BCUT2D eigenvalue weighted by molar-refractivity contribution is -0.131. The van der Waals surface area contributed by atoms with Crippen LogP contribution in [-0.2, 0) is 17.8 Å². The van der Waals surface area contributed by atoms with Gasteiger partial charge in [-0.1, -0.05) is 55.8 Å². The molecule has 0 radical (unpaired) electrons. The first-order valence-corrected chi connectivity index (χ1v) is 10.7. The number of carbonyl (C=O) groups excluding carboxylic acids is 1. The maximum atomic E-state index is 13.6. The van der Waals surface area contributed by atoms with Gasteiger partial charge in [0.05, 0.1) is 24.0 Å². The number of halogens is 1. The molecule has 0 unspecified atom stereocenters. The summed E-state index contributed by atoms with van der Waals surface area (Å²) in [5.74, 6) is 0.470. The lowest BCUT2D eigenvalue weighted by Crippen LogP contribution is -2.33. The minimum Gasteiger partial charge on any atom is -0.335 e. The van der Waals surface area contributed by atoms with Crippen LogP contribution in [0.5, 0.6) is 0 Å². The van der Waals surface area contributed by atoms with Gasteiger partial charge in [-0.05, 0) is 48.4 Å². The third kappa shape index (κ3) is 4.82. The predicted octanol–water partition coefficient (Wildman–Crippen LogP) is 5.54. The van der Waals surface area contributed by atoms with Crippen LogP contribution in [0.2, 0.25) is 0 Å². The summed E-state index contributed by atoms with van der Waals surface area (Å²) in [5, 5.41) is 0. The summed E-state index contributed by atoms with van der Waals surface area (Å²) < 4.78 is 15.7. The molecule has 4 nitrogen and oxygen atoms in total. The van der Waals surface area contributed by atoms with Gasteiger partial charge < -0.3 is 4.90 Å². The Morgan fingerprint density at radius 2 is 1.77 bits per heavy atom. The Hall–Kier alpha value is -3.47. The summed E-state index contributed by atoms with van der Waals surface area (Å²) in [6.45, 7) is 3.15. The van der Waals surface area contributed by atoms with E-state index in [1.807, 2.05) is 59.5 Å². The van der Waals surface area contributed by atoms with E-state index < -0.39 is 0 Å². The monoisotopic (exact) mass is 415 g/mol. The number of fused-ring (bicyclic) bond motifs is 1. The first-order valence-electron chi connectivity index (χ1n) is 10.7. The zero-order valence-electron chi connectivity index (χ0n) is 17.7. The molecule has 0 aliphatic carbocycles. The van der Waals surface area contributed by atoms with Crippen LogP contribution in [0.4, 0.5) is 4.39 Å². The van der Waals surface area contributed by atoms with Crippen LogP contribution >= 0.6 is 0 Å². The third-order valence-corrected chi connectivity index (χ3v) is 5.36. The van der Waals surface area contributed by atoms with Crippen molar-refractivity contribution in [2.45, 2.75) is 32.7 Å². The van der Waals surface area contributed by atoms with E-state index in [1.54, 1.807) is 12.1 Å². The predicted molar refractivity (Wildman–Crippen MR) is 121 cm³/mol. The van der Waals surface area contributed by atoms with E-state index in [-0.39, 0.29) is 18.1 Å². The van der Waals surface area contributed by atoms with E-state index in [2.05, 4.69) is 11.5 Å². The third-order valence-electron chi connectivity index (χ3n) is 5.36. The molecule has 5 heteroatoms. The smallest absolute Gasteiger partial charge is 0.227 e. The summed E-state index contributed by atoms with van der Waals surface area (Å²) in [5.41, 5.74) is 3.60. The van der Waals surface area contributed by atoms with Gasteiger partial charge in [0.2, 0.25) is 5.91 Å². The molecule has 0 saturated heterocycles. The number of carbonyl (C=O) groups is 1. The Morgan fingerprint density at radius 1 is 1.00 bits per heavy atom. The van der Waals surface area contributed by atoms with Crippen LogP contribution in [0, 0.1) is 5.82 Å². The Morgan fingerprint density at radius 3 is 2.55 bits per heavy atom. The topological polar surface area (TPSA) is 38.1 Å². The number of hydrogen-bond acceptors (Lipinski definition) is 2. The number of aromatic nitrogens is 2. The zero-order chi connectivity index (χ0) is 21.6. The summed E-state index contributed by atoms with van der Waals surface area (Å²) >= 11 is 0. The summed E-state index contributed by atoms with van der Waals surface area (Å²) in [4.78, 5) is 19.9. The van der Waals surface area contributed by atoms with Crippen LogP contribution in [0.25, 0.3) is 16.7 Å². The molecule has 0 atom stereocenters. The summed E-state index contributed by atoms with van der Waals surface area (Å²) in [6, 6.07) is 24.3. The van der Waals surface area contributed by atoms with Crippen molar-refractivity contribution in [1.29, 1.82) is 0 Å². The highest BCUT2D eigenvalue weighted by molar-refractivity contribution is 5.80. The molecule has 3 aromatic carbocycles. The van der Waals surface area contributed by atoms with Crippen molar-refractivity contribution in [2.75, 3.05) is 6.54 Å². The van der Waals surface area contributed by atoms with E-state index in [4.69, 9.17) is 4.98 Å². The Bertz CT molecular complexity index is 1170. The van der Waals surface area contributed by atoms with E-state index >= 15 is 0 Å². The molecular weight excluding hydrogens is 389 g/mol. The Kier molecular flexibility index (Phi) is 6.41. The molecule has 0 N–H and O–H groups in total.